The third kappa shape index (κ3) is 3.62. The molecule has 1 atom stereocenters. The molecule has 1 unspecified atom stereocenters. The number of nitrogens with two attached hydrogens (primary N) is 1. The van der Waals surface area contributed by atoms with E-state index in [2.05, 4.69) is 49.0 Å². The molecule has 0 bridgehead atoms. The Balaban J connectivity index is 2.10. The lowest BCUT2D eigenvalue weighted by molar-refractivity contribution is 0.239. The fourth-order valence-electron chi connectivity index (χ4n) is 3.02. The quantitative estimate of drug-likeness (QED) is 0.825. The van der Waals surface area contributed by atoms with Crippen LogP contribution < -0.4 is 11.1 Å². The van der Waals surface area contributed by atoms with E-state index >= 15 is 0 Å². The van der Waals surface area contributed by atoms with Crippen molar-refractivity contribution in [1.29, 1.82) is 0 Å². The third-order valence-corrected chi connectivity index (χ3v) is 4.19. The lowest BCUT2D eigenvalue weighted by atomic mass is 9.87. The highest BCUT2D eigenvalue weighted by atomic mass is 15.1. The maximum atomic E-state index is 5.99. The summed E-state index contributed by atoms with van der Waals surface area (Å²) in [6.45, 7) is 8.92. The number of hydrogen-bond donors (Lipinski definition) is 2. The first-order valence-electron chi connectivity index (χ1n) is 7.51. The zero-order chi connectivity index (χ0) is 14.5. The molecule has 1 heterocycles. The molecule has 2 aliphatic rings. The number of nitrogens with zero attached hydrogens (tertiary/aromatic N) is 1. The van der Waals surface area contributed by atoms with Crippen LogP contribution in [0.25, 0.3) is 0 Å². The van der Waals surface area contributed by atoms with Crippen molar-refractivity contribution in [3.05, 3.63) is 47.7 Å². The molecule has 0 aromatic carbocycles. The van der Waals surface area contributed by atoms with Gasteiger partial charge in [0.2, 0.25) is 0 Å². The van der Waals surface area contributed by atoms with Gasteiger partial charge in [-0.3, -0.25) is 0 Å². The molecule has 0 aromatic heterocycles. The van der Waals surface area contributed by atoms with E-state index in [1.165, 1.54) is 42.8 Å². The molecule has 20 heavy (non-hydrogen) atoms. The summed E-state index contributed by atoms with van der Waals surface area (Å²) in [7, 11) is 2.19. The Bertz CT molecular complexity index is 437. The highest BCUT2D eigenvalue weighted by Crippen LogP contribution is 2.27. The summed E-state index contributed by atoms with van der Waals surface area (Å²) in [5.41, 5.74) is 9.80. The van der Waals surface area contributed by atoms with Crippen LogP contribution in [0.4, 0.5) is 0 Å². The van der Waals surface area contributed by atoms with Gasteiger partial charge in [0.1, 0.15) is 0 Å². The Morgan fingerprint density at radius 2 is 2.10 bits per heavy atom. The Kier molecular flexibility index (Phi) is 5.21. The lowest BCUT2D eigenvalue weighted by Crippen LogP contribution is -2.42. The van der Waals surface area contributed by atoms with Crippen LogP contribution >= 0.6 is 0 Å². The Hall–Kier alpha value is -1.32. The van der Waals surface area contributed by atoms with Gasteiger partial charge in [-0.2, -0.15) is 0 Å². The van der Waals surface area contributed by atoms with E-state index in [-0.39, 0.29) is 5.92 Å². The van der Waals surface area contributed by atoms with E-state index in [4.69, 9.17) is 5.73 Å². The summed E-state index contributed by atoms with van der Waals surface area (Å²) in [6, 6.07) is 0.572. The van der Waals surface area contributed by atoms with Gasteiger partial charge < -0.3 is 16.0 Å². The molecule has 0 amide bonds. The Morgan fingerprint density at radius 1 is 1.40 bits per heavy atom. The van der Waals surface area contributed by atoms with Crippen molar-refractivity contribution in [2.75, 3.05) is 26.7 Å². The highest BCUT2D eigenvalue weighted by molar-refractivity contribution is 5.43. The van der Waals surface area contributed by atoms with Crippen LogP contribution in [-0.2, 0) is 0 Å². The minimum absolute atomic E-state index is 0.274. The lowest BCUT2D eigenvalue weighted by Gasteiger charge is -2.34. The van der Waals surface area contributed by atoms with Gasteiger partial charge in [-0.25, -0.2) is 0 Å². The van der Waals surface area contributed by atoms with Crippen molar-refractivity contribution in [1.82, 2.24) is 10.2 Å². The maximum absolute atomic E-state index is 5.99. The van der Waals surface area contributed by atoms with Crippen LogP contribution in [0.5, 0.6) is 0 Å². The van der Waals surface area contributed by atoms with Crippen LogP contribution in [0.1, 0.15) is 19.8 Å². The molecule has 1 fully saturated rings. The Morgan fingerprint density at radius 3 is 2.70 bits per heavy atom. The molecule has 3 nitrogen and oxygen atoms in total. The molecule has 0 aromatic rings. The maximum Gasteiger partial charge on any atom is 0.0360 e. The van der Waals surface area contributed by atoms with Crippen LogP contribution in [0.3, 0.4) is 0 Å². The topological polar surface area (TPSA) is 41.3 Å². The molecule has 1 aliphatic carbocycles. The summed E-state index contributed by atoms with van der Waals surface area (Å²) >= 11 is 0. The van der Waals surface area contributed by atoms with Gasteiger partial charge in [-0.05, 0) is 57.1 Å². The van der Waals surface area contributed by atoms with Crippen LogP contribution in [0, 0.1) is 5.92 Å². The first-order valence-corrected chi connectivity index (χ1v) is 7.51. The molecule has 0 radical (unpaired) electrons. The average molecular weight is 273 g/mol. The predicted molar refractivity (Wildman–Crippen MR) is 86.3 cm³/mol. The van der Waals surface area contributed by atoms with Gasteiger partial charge in [0.25, 0.3) is 0 Å². The van der Waals surface area contributed by atoms with Crippen LogP contribution in [0.15, 0.2) is 47.7 Å². The molecular formula is C17H27N3. The van der Waals surface area contributed by atoms with Gasteiger partial charge in [0.15, 0.2) is 0 Å². The zero-order valence-corrected chi connectivity index (χ0v) is 12.7. The number of piperidine rings is 1. The summed E-state index contributed by atoms with van der Waals surface area (Å²) in [5.74, 6) is 0.274. The van der Waals surface area contributed by atoms with E-state index in [0.29, 0.717) is 12.6 Å². The molecule has 1 aliphatic heterocycles. The second-order valence-corrected chi connectivity index (χ2v) is 5.90. The van der Waals surface area contributed by atoms with Crippen molar-refractivity contribution in [2.24, 2.45) is 11.7 Å². The fourth-order valence-corrected chi connectivity index (χ4v) is 3.02. The average Bonchev–Trinajstić information content (AvgIpc) is 2.41. The van der Waals surface area contributed by atoms with Crippen molar-refractivity contribution in [2.45, 2.75) is 25.8 Å². The van der Waals surface area contributed by atoms with E-state index in [1.807, 2.05) is 6.08 Å². The molecule has 110 valence electrons. The number of allylic oxidation sites excluding steroid dienone is 5. The molecule has 2 rings (SSSR count). The van der Waals surface area contributed by atoms with Crippen LogP contribution in [-0.4, -0.2) is 37.6 Å². The zero-order valence-electron chi connectivity index (χ0n) is 12.7. The normalized spacial score (nSPS) is 27.1. The van der Waals surface area contributed by atoms with Crippen molar-refractivity contribution < 1.29 is 0 Å². The predicted octanol–water partition coefficient (Wildman–Crippen LogP) is 2.20. The first-order chi connectivity index (χ1) is 9.63. The second-order valence-electron chi connectivity index (χ2n) is 5.90. The molecule has 0 spiro atoms. The third-order valence-electron chi connectivity index (χ3n) is 4.19. The number of rotatable bonds is 4. The molecule has 1 saturated heterocycles. The van der Waals surface area contributed by atoms with E-state index in [1.54, 1.807) is 0 Å². The first kappa shape index (κ1) is 15.1. The van der Waals surface area contributed by atoms with E-state index < -0.39 is 0 Å². The number of hydrogen-bond acceptors (Lipinski definition) is 3. The summed E-state index contributed by atoms with van der Waals surface area (Å²) < 4.78 is 0. The van der Waals surface area contributed by atoms with Crippen molar-refractivity contribution in [3.63, 3.8) is 0 Å². The summed E-state index contributed by atoms with van der Waals surface area (Å²) in [6.07, 6.45) is 10.8. The van der Waals surface area contributed by atoms with Crippen molar-refractivity contribution in [3.8, 4) is 0 Å². The van der Waals surface area contributed by atoms with E-state index in [9.17, 15) is 0 Å². The second kappa shape index (κ2) is 6.91. The minimum Gasteiger partial charge on any atom is -0.385 e. The molecule has 0 saturated carbocycles. The van der Waals surface area contributed by atoms with Gasteiger partial charge in [-0.1, -0.05) is 24.8 Å². The number of likely N-dealkylation sites (tertiary alicyclic amines) is 1. The van der Waals surface area contributed by atoms with E-state index in [0.717, 1.165) is 0 Å². The van der Waals surface area contributed by atoms with Gasteiger partial charge in [0.05, 0.1) is 0 Å². The van der Waals surface area contributed by atoms with Gasteiger partial charge in [0, 0.05) is 24.2 Å². The Labute approximate surface area is 122 Å². The van der Waals surface area contributed by atoms with Gasteiger partial charge in [-0.15, -0.1) is 0 Å². The fraction of sp³-hybridized carbons (Fsp3) is 0.529. The monoisotopic (exact) mass is 273 g/mol. The van der Waals surface area contributed by atoms with Crippen LogP contribution in [0.2, 0.25) is 0 Å². The summed E-state index contributed by atoms with van der Waals surface area (Å²) in [4.78, 5) is 2.39. The molecule has 3 N–H and O–H groups in total. The molecule has 3 heteroatoms. The smallest absolute Gasteiger partial charge is 0.0360 e. The molecular weight excluding hydrogens is 246 g/mol. The SMILES string of the molecule is C=C/C=C1/C=C(C)C=C(NC2CCN(C)CC2)C1CN. The van der Waals surface area contributed by atoms with Crippen molar-refractivity contribution >= 4 is 0 Å². The summed E-state index contributed by atoms with van der Waals surface area (Å²) in [5, 5.41) is 3.74. The minimum atomic E-state index is 0.274. The largest absolute Gasteiger partial charge is 0.385 e. The number of nitrogens with one attached hydrogen (secondary N) is 1. The highest BCUT2D eigenvalue weighted by Gasteiger charge is 2.24. The standard InChI is InChI=1S/C17H27N3/c1-4-5-14-10-13(2)11-17(16(14)12-18)19-15-6-8-20(3)9-7-15/h4-5,10-11,15-16,19H,1,6-9,12,18H2,2-3H3/b14-5-. The van der Waals surface area contributed by atoms with Gasteiger partial charge >= 0.3 is 0 Å².